The lowest BCUT2D eigenvalue weighted by Crippen LogP contribution is -2.54. The van der Waals surface area contributed by atoms with E-state index >= 15 is 0 Å². The predicted octanol–water partition coefficient (Wildman–Crippen LogP) is 0.499. The average Bonchev–Trinajstić information content (AvgIpc) is 2.75. The molecular formula is C21H17N2O8-. The number of carboxylic acid groups (broad SMARTS) is 1. The third-order valence-electron chi connectivity index (χ3n) is 4.28. The van der Waals surface area contributed by atoms with E-state index in [0.29, 0.717) is 11.3 Å². The number of carbonyl (C=O) groups excluding carboxylic acids is 4. The fourth-order valence-corrected chi connectivity index (χ4v) is 2.82. The van der Waals surface area contributed by atoms with Crippen LogP contribution in [-0.2, 0) is 14.4 Å². The number of amides is 4. The quantitative estimate of drug-likeness (QED) is 0.501. The fraction of sp³-hybridized carbons (Fsp3) is 0.143. The molecule has 10 nitrogen and oxygen atoms in total. The van der Waals surface area contributed by atoms with E-state index in [4.69, 9.17) is 14.2 Å². The minimum atomic E-state index is -1.40. The van der Waals surface area contributed by atoms with Crippen LogP contribution >= 0.6 is 0 Å². The first-order chi connectivity index (χ1) is 14.8. The molecule has 1 saturated heterocycles. The van der Waals surface area contributed by atoms with Crippen molar-refractivity contribution in [1.29, 1.82) is 0 Å². The van der Waals surface area contributed by atoms with Crippen LogP contribution in [0, 0.1) is 0 Å². The van der Waals surface area contributed by atoms with Crippen molar-refractivity contribution >= 4 is 35.6 Å². The summed E-state index contributed by atoms with van der Waals surface area (Å²) in [6, 6.07) is 9.66. The van der Waals surface area contributed by atoms with Gasteiger partial charge in [-0.1, -0.05) is 6.07 Å². The number of benzene rings is 2. The Labute approximate surface area is 176 Å². The van der Waals surface area contributed by atoms with E-state index in [1.807, 2.05) is 0 Å². The number of hydrogen-bond donors (Lipinski definition) is 1. The first-order valence-corrected chi connectivity index (χ1v) is 8.90. The molecule has 1 aliphatic heterocycles. The molecule has 31 heavy (non-hydrogen) atoms. The number of nitrogens with one attached hydrogen (secondary N) is 1. The molecule has 2 aromatic carbocycles. The van der Waals surface area contributed by atoms with Crippen LogP contribution in [0.4, 0.5) is 10.5 Å². The maximum atomic E-state index is 12.9. The molecule has 1 aliphatic rings. The van der Waals surface area contributed by atoms with Gasteiger partial charge in [-0.05, 0) is 48.0 Å². The van der Waals surface area contributed by atoms with Crippen LogP contribution in [0.1, 0.15) is 5.56 Å². The molecule has 4 amide bonds. The van der Waals surface area contributed by atoms with Crippen molar-refractivity contribution in [2.45, 2.75) is 0 Å². The molecule has 1 N–H and O–H groups in total. The summed E-state index contributed by atoms with van der Waals surface area (Å²) < 4.78 is 15.3. The van der Waals surface area contributed by atoms with Gasteiger partial charge < -0.3 is 24.1 Å². The number of nitrogens with zero attached hydrogens (tertiary/aromatic N) is 1. The van der Waals surface area contributed by atoms with Gasteiger partial charge in [0.25, 0.3) is 11.8 Å². The maximum absolute atomic E-state index is 12.9. The van der Waals surface area contributed by atoms with Crippen LogP contribution in [0.15, 0.2) is 48.0 Å². The molecule has 0 unspecified atom stereocenters. The van der Waals surface area contributed by atoms with Gasteiger partial charge in [0.1, 0.15) is 17.9 Å². The highest BCUT2D eigenvalue weighted by atomic mass is 16.5. The molecule has 0 saturated carbocycles. The number of ether oxygens (including phenoxy) is 3. The lowest BCUT2D eigenvalue weighted by Gasteiger charge is -2.26. The third-order valence-corrected chi connectivity index (χ3v) is 4.28. The molecule has 0 bridgehead atoms. The van der Waals surface area contributed by atoms with Gasteiger partial charge in [0.05, 0.1) is 25.9 Å². The highest BCUT2D eigenvalue weighted by Crippen LogP contribution is 2.30. The van der Waals surface area contributed by atoms with Gasteiger partial charge >= 0.3 is 6.03 Å². The van der Waals surface area contributed by atoms with Crippen LogP contribution in [0.25, 0.3) is 6.08 Å². The molecule has 0 aromatic heterocycles. The lowest BCUT2D eigenvalue weighted by molar-refractivity contribution is -0.307. The summed E-state index contributed by atoms with van der Waals surface area (Å²) in [7, 11) is 2.83. The topological polar surface area (TPSA) is 134 Å². The smallest absolute Gasteiger partial charge is 0.335 e. The number of imide groups is 2. The third kappa shape index (κ3) is 4.64. The summed E-state index contributed by atoms with van der Waals surface area (Å²) in [4.78, 5) is 48.9. The van der Waals surface area contributed by atoms with Crippen molar-refractivity contribution < 1.29 is 38.5 Å². The second kappa shape index (κ2) is 8.99. The molecule has 1 fully saturated rings. The van der Waals surface area contributed by atoms with Crippen LogP contribution in [-0.4, -0.2) is 44.6 Å². The van der Waals surface area contributed by atoms with E-state index in [1.54, 1.807) is 12.1 Å². The SMILES string of the molecule is COc1ccc(N2C(=O)NC(=O)/C(=C/c3ccc(OCC(=O)[O-])c(OC)c3)C2=O)cc1. The normalized spacial score (nSPS) is 15.0. The molecule has 3 rings (SSSR count). The Morgan fingerprint density at radius 3 is 2.35 bits per heavy atom. The van der Waals surface area contributed by atoms with Gasteiger partial charge in [0, 0.05) is 0 Å². The Balaban J connectivity index is 1.92. The largest absolute Gasteiger partial charge is 0.546 e. The Morgan fingerprint density at radius 2 is 1.74 bits per heavy atom. The second-order valence-corrected chi connectivity index (χ2v) is 6.23. The summed E-state index contributed by atoms with van der Waals surface area (Å²) in [5, 5.41) is 12.7. The van der Waals surface area contributed by atoms with E-state index < -0.39 is 30.4 Å². The van der Waals surface area contributed by atoms with Crippen molar-refractivity contribution in [3.05, 3.63) is 53.6 Å². The molecule has 0 spiro atoms. The van der Waals surface area contributed by atoms with E-state index in [0.717, 1.165) is 4.90 Å². The number of carboxylic acids is 1. The highest BCUT2D eigenvalue weighted by molar-refractivity contribution is 6.39. The number of hydrogen-bond acceptors (Lipinski definition) is 8. The van der Waals surface area contributed by atoms with Crippen LogP contribution in [0.2, 0.25) is 0 Å². The zero-order valence-corrected chi connectivity index (χ0v) is 16.5. The zero-order chi connectivity index (χ0) is 22.5. The molecule has 0 radical (unpaired) electrons. The number of aliphatic carboxylic acids is 1. The van der Waals surface area contributed by atoms with E-state index in [-0.39, 0.29) is 22.8 Å². The minimum Gasteiger partial charge on any atom is -0.546 e. The van der Waals surface area contributed by atoms with Crippen molar-refractivity contribution in [3.8, 4) is 17.2 Å². The second-order valence-electron chi connectivity index (χ2n) is 6.23. The number of barbiturate groups is 1. The summed E-state index contributed by atoms with van der Waals surface area (Å²) in [5.74, 6) is -2.20. The Morgan fingerprint density at radius 1 is 1.03 bits per heavy atom. The van der Waals surface area contributed by atoms with E-state index in [2.05, 4.69) is 5.32 Å². The molecule has 0 aliphatic carbocycles. The number of methoxy groups -OCH3 is 2. The van der Waals surface area contributed by atoms with Crippen LogP contribution in [0.5, 0.6) is 17.2 Å². The Kier molecular flexibility index (Phi) is 6.20. The first kappa shape index (κ1) is 21.4. The van der Waals surface area contributed by atoms with Gasteiger partial charge in [0.2, 0.25) is 0 Å². The van der Waals surface area contributed by atoms with Crippen molar-refractivity contribution in [2.24, 2.45) is 0 Å². The Bertz CT molecular complexity index is 1080. The van der Waals surface area contributed by atoms with Crippen LogP contribution < -0.4 is 29.5 Å². The first-order valence-electron chi connectivity index (χ1n) is 8.90. The highest BCUT2D eigenvalue weighted by Gasteiger charge is 2.36. The molecular weight excluding hydrogens is 408 g/mol. The Hall–Kier alpha value is -4.34. The summed E-state index contributed by atoms with van der Waals surface area (Å²) in [6.45, 7) is -0.670. The summed E-state index contributed by atoms with van der Waals surface area (Å²) in [6.07, 6.45) is 1.28. The van der Waals surface area contributed by atoms with Gasteiger partial charge in [-0.25, -0.2) is 9.69 Å². The van der Waals surface area contributed by atoms with Crippen molar-refractivity contribution in [3.63, 3.8) is 0 Å². The van der Waals surface area contributed by atoms with Gasteiger partial charge in [-0.15, -0.1) is 0 Å². The van der Waals surface area contributed by atoms with E-state index in [9.17, 15) is 24.3 Å². The minimum absolute atomic E-state index is 0.142. The molecule has 10 heteroatoms. The molecule has 0 atom stereocenters. The molecule has 160 valence electrons. The predicted molar refractivity (Wildman–Crippen MR) is 105 cm³/mol. The van der Waals surface area contributed by atoms with Crippen LogP contribution in [0.3, 0.4) is 0 Å². The molecule has 1 heterocycles. The van der Waals surface area contributed by atoms with Gasteiger partial charge in [-0.3, -0.25) is 14.9 Å². The average molecular weight is 425 g/mol. The summed E-state index contributed by atoms with van der Waals surface area (Å²) >= 11 is 0. The lowest BCUT2D eigenvalue weighted by atomic mass is 10.1. The standard InChI is InChI=1S/C21H18N2O8/c1-29-14-6-4-13(5-7-14)23-20(27)15(19(26)22-21(23)28)9-12-3-8-16(17(10-12)30-2)31-11-18(24)25/h3-10H,11H2,1-2H3,(H,24,25)(H,22,26,28)/p-1/b15-9-. The summed E-state index contributed by atoms with van der Waals surface area (Å²) in [5.41, 5.74) is 0.367. The number of rotatable bonds is 7. The van der Waals surface area contributed by atoms with E-state index in [1.165, 1.54) is 50.6 Å². The number of carbonyl (C=O) groups is 4. The zero-order valence-electron chi connectivity index (χ0n) is 16.5. The van der Waals surface area contributed by atoms with Crippen molar-refractivity contribution in [2.75, 3.05) is 25.7 Å². The van der Waals surface area contributed by atoms with Gasteiger partial charge in [0.15, 0.2) is 11.5 Å². The molecule has 2 aromatic rings. The number of anilines is 1. The maximum Gasteiger partial charge on any atom is 0.335 e. The number of urea groups is 1. The van der Waals surface area contributed by atoms with Gasteiger partial charge in [-0.2, -0.15) is 0 Å². The van der Waals surface area contributed by atoms with Crippen molar-refractivity contribution in [1.82, 2.24) is 5.32 Å². The monoisotopic (exact) mass is 425 g/mol. The fourth-order valence-electron chi connectivity index (χ4n) is 2.82.